The van der Waals surface area contributed by atoms with E-state index in [1.807, 2.05) is 6.92 Å². The molecule has 0 amide bonds. The van der Waals surface area contributed by atoms with E-state index in [-0.39, 0.29) is 12.1 Å². The molecule has 1 rings (SSSR count). The monoisotopic (exact) mass is 298 g/mol. The molecule has 1 fully saturated rings. The number of hydrogen-bond acceptors (Lipinski definition) is 3. The summed E-state index contributed by atoms with van der Waals surface area (Å²) >= 11 is 0. The van der Waals surface area contributed by atoms with Crippen molar-refractivity contribution in [1.82, 2.24) is 0 Å². The lowest BCUT2D eigenvalue weighted by atomic mass is 9.96. The van der Waals surface area contributed by atoms with Crippen LogP contribution in [0.15, 0.2) is 0 Å². The summed E-state index contributed by atoms with van der Waals surface area (Å²) in [7, 11) is 0. The van der Waals surface area contributed by atoms with Crippen molar-refractivity contribution in [2.45, 2.75) is 90.6 Å². The second-order valence-corrected chi connectivity index (χ2v) is 6.33. The van der Waals surface area contributed by atoms with Crippen molar-refractivity contribution in [3.63, 3.8) is 0 Å². The Labute approximate surface area is 130 Å². The van der Waals surface area contributed by atoms with Gasteiger partial charge < -0.3 is 9.47 Å². The number of hydrogen-bond donors (Lipinski definition) is 0. The molecule has 0 unspecified atom stereocenters. The van der Waals surface area contributed by atoms with Gasteiger partial charge in [-0.05, 0) is 25.7 Å². The molecule has 1 aliphatic heterocycles. The number of esters is 1. The standard InChI is InChI=1S/C18H34O3/c1-3-5-6-7-8-9-10-11-12-16-13-17(21-15-16)14-18(19)20-4-2/h16-17H,3-15H2,1-2H3/t16-,17-/m0/s1. The average molecular weight is 298 g/mol. The van der Waals surface area contributed by atoms with Crippen molar-refractivity contribution in [3.05, 3.63) is 0 Å². The van der Waals surface area contributed by atoms with E-state index in [0.29, 0.717) is 18.9 Å². The topological polar surface area (TPSA) is 35.5 Å². The van der Waals surface area contributed by atoms with Gasteiger partial charge in [-0.3, -0.25) is 4.79 Å². The molecule has 3 nitrogen and oxygen atoms in total. The molecule has 0 spiro atoms. The van der Waals surface area contributed by atoms with Gasteiger partial charge in [-0.1, -0.05) is 58.3 Å². The van der Waals surface area contributed by atoms with E-state index < -0.39 is 0 Å². The van der Waals surface area contributed by atoms with E-state index in [4.69, 9.17) is 9.47 Å². The number of carbonyl (C=O) groups excluding carboxylic acids is 1. The van der Waals surface area contributed by atoms with Crippen molar-refractivity contribution < 1.29 is 14.3 Å². The predicted octanol–water partition coefficient (Wildman–Crippen LogP) is 4.88. The lowest BCUT2D eigenvalue weighted by Crippen LogP contribution is -2.15. The molecule has 0 aromatic heterocycles. The summed E-state index contributed by atoms with van der Waals surface area (Å²) in [5, 5.41) is 0. The molecule has 1 saturated heterocycles. The molecule has 2 atom stereocenters. The van der Waals surface area contributed by atoms with Crippen molar-refractivity contribution in [3.8, 4) is 0 Å². The number of ether oxygens (including phenoxy) is 2. The number of rotatable bonds is 12. The second kappa shape index (κ2) is 12.0. The minimum Gasteiger partial charge on any atom is -0.466 e. The Balaban J connectivity index is 1.94. The van der Waals surface area contributed by atoms with E-state index >= 15 is 0 Å². The molecule has 3 heteroatoms. The van der Waals surface area contributed by atoms with Crippen molar-refractivity contribution in [1.29, 1.82) is 0 Å². The first-order chi connectivity index (χ1) is 10.3. The van der Waals surface area contributed by atoms with E-state index in [9.17, 15) is 4.79 Å². The Bertz CT molecular complexity index is 265. The van der Waals surface area contributed by atoms with Gasteiger partial charge in [0.25, 0.3) is 0 Å². The maximum atomic E-state index is 11.4. The average Bonchev–Trinajstić information content (AvgIpc) is 2.89. The molecular weight excluding hydrogens is 264 g/mol. The fourth-order valence-corrected chi connectivity index (χ4v) is 3.10. The summed E-state index contributed by atoms with van der Waals surface area (Å²) in [5.41, 5.74) is 0. The zero-order chi connectivity index (χ0) is 15.3. The van der Waals surface area contributed by atoms with Gasteiger partial charge in [0.1, 0.15) is 0 Å². The number of unbranched alkanes of at least 4 members (excludes halogenated alkanes) is 7. The van der Waals surface area contributed by atoms with Gasteiger partial charge in [0.2, 0.25) is 0 Å². The van der Waals surface area contributed by atoms with E-state index in [2.05, 4.69) is 6.92 Å². The zero-order valence-electron chi connectivity index (χ0n) is 14.1. The van der Waals surface area contributed by atoms with Crippen molar-refractivity contribution in [2.24, 2.45) is 5.92 Å². The highest BCUT2D eigenvalue weighted by atomic mass is 16.5. The summed E-state index contributed by atoms with van der Waals surface area (Å²) in [5.74, 6) is 0.541. The van der Waals surface area contributed by atoms with Crippen LogP contribution in [-0.2, 0) is 14.3 Å². The van der Waals surface area contributed by atoms with Crippen LogP contribution >= 0.6 is 0 Å². The predicted molar refractivity (Wildman–Crippen MR) is 86.3 cm³/mol. The highest BCUT2D eigenvalue weighted by molar-refractivity contribution is 5.69. The molecule has 0 N–H and O–H groups in total. The Hall–Kier alpha value is -0.570. The lowest BCUT2D eigenvalue weighted by molar-refractivity contribution is -0.145. The summed E-state index contributed by atoms with van der Waals surface area (Å²) in [4.78, 5) is 11.4. The molecule has 0 saturated carbocycles. The van der Waals surface area contributed by atoms with Gasteiger partial charge >= 0.3 is 5.97 Å². The Morgan fingerprint density at radius 2 is 1.71 bits per heavy atom. The van der Waals surface area contributed by atoms with Crippen LogP contribution in [0.3, 0.4) is 0 Å². The van der Waals surface area contributed by atoms with Crippen LogP contribution in [0.5, 0.6) is 0 Å². The van der Waals surface area contributed by atoms with E-state index in [1.54, 1.807) is 0 Å². The largest absolute Gasteiger partial charge is 0.466 e. The van der Waals surface area contributed by atoms with Crippen LogP contribution in [0, 0.1) is 5.92 Å². The van der Waals surface area contributed by atoms with E-state index in [0.717, 1.165) is 13.0 Å². The highest BCUT2D eigenvalue weighted by Crippen LogP contribution is 2.27. The second-order valence-electron chi connectivity index (χ2n) is 6.33. The van der Waals surface area contributed by atoms with Crippen LogP contribution < -0.4 is 0 Å². The molecule has 124 valence electrons. The Morgan fingerprint density at radius 3 is 2.38 bits per heavy atom. The quantitative estimate of drug-likeness (QED) is 0.381. The molecule has 1 heterocycles. The molecule has 0 aromatic carbocycles. The molecule has 0 radical (unpaired) electrons. The fraction of sp³-hybridized carbons (Fsp3) is 0.944. The third-order valence-electron chi connectivity index (χ3n) is 4.33. The van der Waals surface area contributed by atoms with Gasteiger partial charge in [0.15, 0.2) is 0 Å². The maximum Gasteiger partial charge on any atom is 0.308 e. The van der Waals surface area contributed by atoms with Crippen LogP contribution in [0.1, 0.15) is 84.5 Å². The molecule has 0 bridgehead atoms. The van der Waals surface area contributed by atoms with Crippen LogP contribution in [0.2, 0.25) is 0 Å². The summed E-state index contributed by atoms with van der Waals surface area (Å²) < 4.78 is 10.7. The smallest absolute Gasteiger partial charge is 0.308 e. The minimum absolute atomic E-state index is 0.100. The number of carbonyl (C=O) groups is 1. The molecule has 1 aliphatic rings. The SMILES string of the molecule is CCCCCCCCCC[C@@H]1CO[C@H](CC(=O)OCC)C1. The summed E-state index contributed by atoms with van der Waals surface area (Å²) in [6.07, 6.45) is 13.8. The first-order valence-corrected chi connectivity index (χ1v) is 9.03. The Morgan fingerprint density at radius 1 is 1.05 bits per heavy atom. The minimum atomic E-state index is -0.116. The summed E-state index contributed by atoms with van der Waals surface area (Å²) in [6.45, 7) is 5.41. The van der Waals surface area contributed by atoms with Crippen molar-refractivity contribution >= 4 is 5.97 Å². The maximum absolute atomic E-state index is 11.4. The molecule has 21 heavy (non-hydrogen) atoms. The summed E-state index contributed by atoms with van der Waals surface area (Å²) in [6, 6.07) is 0. The molecule has 0 aliphatic carbocycles. The first-order valence-electron chi connectivity index (χ1n) is 9.03. The van der Waals surface area contributed by atoms with Gasteiger partial charge in [0.05, 0.1) is 19.1 Å². The van der Waals surface area contributed by atoms with Crippen LogP contribution in [-0.4, -0.2) is 25.3 Å². The van der Waals surface area contributed by atoms with Crippen molar-refractivity contribution in [2.75, 3.05) is 13.2 Å². The van der Waals surface area contributed by atoms with Crippen LogP contribution in [0.25, 0.3) is 0 Å². The van der Waals surface area contributed by atoms with Gasteiger partial charge in [-0.25, -0.2) is 0 Å². The Kier molecular flexibility index (Phi) is 10.6. The lowest BCUT2D eigenvalue weighted by Gasteiger charge is -2.09. The molecule has 0 aromatic rings. The normalized spacial score (nSPS) is 21.6. The van der Waals surface area contributed by atoms with Gasteiger partial charge in [-0.2, -0.15) is 0 Å². The third kappa shape index (κ3) is 9.13. The van der Waals surface area contributed by atoms with Crippen LogP contribution in [0.4, 0.5) is 0 Å². The first kappa shape index (κ1) is 18.5. The van der Waals surface area contributed by atoms with Gasteiger partial charge in [0, 0.05) is 6.61 Å². The third-order valence-corrected chi connectivity index (χ3v) is 4.33. The van der Waals surface area contributed by atoms with E-state index in [1.165, 1.54) is 57.8 Å². The fourth-order valence-electron chi connectivity index (χ4n) is 3.10. The molecular formula is C18H34O3. The highest BCUT2D eigenvalue weighted by Gasteiger charge is 2.27. The van der Waals surface area contributed by atoms with Gasteiger partial charge in [-0.15, -0.1) is 0 Å². The zero-order valence-corrected chi connectivity index (χ0v) is 14.1.